The highest BCUT2D eigenvalue weighted by molar-refractivity contribution is 4.96. The Balaban J connectivity index is 1.96. The van der Waals surface area contributed by atoms with Gasteiger partial charge < -0.3 is 73.3 Å². The standard InChI is InChI=1S/C29H54O15/c1-6-20-15(9-31)17(11-33)24(37-3)28(40-20)43-23-19(13-35)22(14-36-2)42-29(26(23)38-4)44-25-18(12-34)16(10-32)21(7-8-30)41-27(25)39-5/h15-35H,6-14H2,1-5H3/t15-,16-,17-,18-,19+,20?,21?,22?,23-,24?,25?,26?,27?,28+,29+/m0/s1. The average Bonchev–Trinajstić information content (AvgIpc) is 3.04. The third-order valence-electron chi connectivity index (χ3n) is 9.41. The van der Waals surface area contributed by atoms with Crippen molar-refractivity contribution in [2.24, 2.45) is 29.6 Å². The molecule has 0 aromatic carbocycles. The molecule has 0 bridgehead atoms. The molecule has 3 aliphatic rings. The van der Waals surface area contributed by atoms with E-state index in [-0.39, 0.29) is 58.6 Å². The molecule has 15 atom stereocenters. The molecule has 15 nitrogen and oxygen atoms in total. The molecular weight excluding hydrogens is 588 g/mol. The first kappa shape index (κ1) is 37.9. The molecule has 3 rings (SSSR count). The van der Waals surface area contributed by atoms with Crippen LogP contribution in [0.3, 0.4) is 0 Å². The van der Waals surface area contributed by atoms with Gasteiger partial charge in [0.15, 0.2) is 18.9 Å². The van der Waals surface area contributed by atoms with Gasteiger partial charge in [-0.15, -0.1) is 0 Å². The van der Waals surface area contributed by atoms with Gasteiger partial charge in [-0.3, -0.25) is 0 Å². The molecule has 0 aromatic heterocycles. The van der Waals surface area contributed by atoms with Gasteiger partial charge in [-0.1, -0.05) is 6.92 Å². The second-order valence-electron chi connectivity index (χ2n) is 11.6. The van der Waals surface area contributed by atoms with Gasteiger partial charge in [0.05, 0.1) is 37.6 Å². The number of hydrogen-bond acceptors (Lipinski definition) is 15. The van der Waals surface area contributed by atoms with Crippen LogP contribution >= 0.6 is 0 Å². The van der Waals surface area contributed by atoms with E-state index in [4.69, 9.17) is 42.6 Å². The molecule has 0 aromatic rings. The van der Waals surface area contributed by atoms with Gasteiger partial charge in [-0.05, 0) is 12.8 Å². The molecule has 44 heavy (non-hydrogen) atoms. The average molecular weight is 643 g/mol. The van der Waals surface area contributed by atoms with Crippen LogP contribution in [-0.2, 0) is 42.6 Å². The van der Waals surface area contributed by atoms with Gasteiger partial charge in [0.1, 0.15) is 18.3 Å². The molecular formula is C29H54O15. The van der Waals surface area contributed by atoms with Crippen molar-refractivity contribution in [2.75, 3.05) is 74.7 Å². The highest BCUT2D eigenvalue weighted by Gasteiger charge is 2.54. The van der Waals surface area contributed by atoms with Gasteiger partial charge in [0, 0.05) is 91.1 Å². The highest BCUT2D eigenvalue weighted by Crippen LogP contribution is 2.41. The second kappa shape index (κ2) is 18.7. The summed E-state index contributed by atoms with van der Waals surface area (Å²) in [6.45, 7) is 0.269. The van der Waals surface area contributed by atoms with Crippen LogP contribution in [0, 0.1) is 29.6 Å². The lowest BCUT2D eigenvalue weighted by Crippen LogP contribution is -2.64. The van der Waals surface area contributed by atoms with Crippen molar-refractivity contribution in [2.45, 2.75) is 81.4 Å². The Kier molecular flexibility index (Phi) is 16.1. The molecule has 7 unspecified atom stereocenters. The van der Waals surface area contributed by atoms with E-state index in [1.165, 1.54) is 28.4 Å². The Bertz CT molecular complexity index is 794. The van der Waals surface area contributed by atoms with E-state index in [2.05, 4.69) is 0 Å². The Morgan fingerprint density at radius 1 is 0.500 bits per heavy atom. The molecule has 0 amide bonds. The van der Waals surface area contributed by atoms with Crippen molar-refractivity contribution in [1.29, 1.82) is 0 Å². The molecule has 0 saturated carbocycles. The van der Waals surface area contributed by atoms with Gasteiger partial charge in [-0.25, -0.2) is 0 Å². The molecule has 6 N–H and O–H groups in total. The molecule has 3 heterocycles. The van der Waals surface area contributed by atoms with Crippen LogP contribution in [0.25, 0.3) is 0 Å². The van der Waals surface area contributed by atoms with E-state index in [0.29, 0.717) is 6.42 Å². The summed E-state index contributed by atoms with van der Waals surface area (Å²) in [7, 11) is 5.83. The minimum absolute atomic E-state index is 0.0696. The zero-order valence-electron chi connectivity index (χ0n) is 26.4. The highest BCUT2D eigenvalue weighted by atomic mass is 16.8. The summed E-state index contributed by atoms with van der Waals surface area (Å²) in [5.41, 5.74) is 0. The maximum atomic E-state index is 10.5. The number of aliphatic hydroxyl groups is 6. The van der Waals surface area contributed by atoms with E-state index in [0.717, 1.165) is 0 Å². The Labute approximate surface area is 259 Å². The summed E-state index contributed by atoms with van der Waals surface area (Å²) in [5, 5.41) is 61.0. The van der Waals surface area contributed by atoms with Crippen molar-refractivity contribution in [1.82, 2.24) is 0 Å². The predicted octanol–water partition coefficient (Wildman–Crippen LogP) is -1.91. The van der Waals surface area contributed by atoms with Crippen molar-refractivity contribution in [3.05, 3.63) is 0 Å². The van der Waals surface area contributed by atoms with E-state index in [9.17, 15) is 30.6 Å². The fourth-order valence-electron chi connectivity index (χ4n) is 7.04. The lowest BCUT2D eigenvalue weighted by atomic mass is 9.80. The van der Waals surface area contributed by atoms with Gasteiger partial charge in [-0.2, -0.15) is 0 Å². The van der Waals surface area contributed by atoms with E-state index in [1.54, 1.807) is 0 Å². The number of rotatable bonds is 17. The van der Waals surface area contributed by atoms with Crippen LogP contribution in [0.2, 0.25) is 0 Å². The smallest absolute Gasteiger partial charge is 0.187 e. The minimum atomic E-state index is -1.15. The van der Waals surface area contributed by atoms with Crippen LogP contribution < -0.4 is 0 Å². The first-order valence-corrected chi connectivity index (χ1v) is 15.4. The Morgan fingerprint density at radius 3 is 1.50 bits per heavy atom. The molecule has 15 heteroatoms. The molecule has 3 saturated heterocycles. The van der Waals surface area contributed by atoms with Crippen LogP contribution in [-0.4, -0.2) is 167 Å². The lowest BCUT2D eigenvalue weighted by Gasteiger charge is -2.51. The van der Waals surface area contributed by atoms with Crippen LogP contribution in [0.1, 0.15) is 19.8 Å². The van der Waals surface area contributed by atoms with Gasteiger partial charge in [0.25, 0.3) is 0 Å². The summed E-state index contributed by atoms with van der Waals surface area (Å²) in [6, 6.07) is 0. The summed E-state index contributed by atoms with van der Waals surface area (Å²) in [6.07, 6.45) is -7.64. The third kappa shape index (κ3) is 8.09. The quantitative estimate of drug-likeness (QED) is 0.102. The first-order chi connectivity index (χ1) is 21.4. The number of hydrogen-bond donors (Lipinski definition) is 6. The summed E-state index contributed by atoms with van der Waals surface area (Å²) in [5.74, 6) is -2.76. The zero-order chi connectivity index (χ0) is 32.4. The molecule has 3 aliphatic heterocycles. The van der Waals surface area contributed by atoms with E-state index < -0.39 is 85.3 Å². The van der Waals surface area contributed by atoms with E-state index >= 15 is 0 Å². The Hall–Kier alpha value is -0.600. The fourth-order valence-corrected chi connectivity index (χ4v) is 7.04. The van der Waals surface area contributed by atoms with Crippen molar-refractivity contribution in [3.8, 4) is 0 Å². The largest absolute Gasteiger partial charge is 0.396 e. The Morgan fingerprint density at radius 2 is 1.00 bits per heavy atom. The second-order valence-corrected chi connectivity index (χ2v) is 11.6. The van der Waals surface area contributed by atoms with Gasteiger partial charge >= 0.3 is 0 Å². The van der Waals surface area contributed by atoms with Crippen LogP contribution in [0.5, 0.6) is 0 Å². The van der Waals surface area contributed by atoms with Gasteiger partial charge in [0.2, 0.25) is 0 Å². The van der Waals surface area contributed by atoms with Crippen LogP contribution in [0.15, 0.2) is 0 Å². The summed E-state index contributed by atoms with van der Waals surface area (Å²) >= 11 is 0. The zero-order valence-corrected chi connectivity index (χ0v) is 26.4. The summed E-state index contributed by atoms with van der Waals surface area (Å²) < 4.78 is 54.3. The van der Waals surface area contributed by atoms with E-state index in [1.807, 2.05) is 6.92 Å². The molecule has 0 radical (unpaired) electrons. The van der Waals surface area contributed by atoms with Crippen molar-refractivity contribution < 1.29 is 73.3 Å². The first-order valence-electron chi connectivity index (χ1n) is 15.4. The maximum Gasteiger partial charge on any atom is 0.187 e. The topological polar surface area (TPSA) is 204 Å². The lowest BCUT2D eigenvalue weighted by molar-refractivity contribution is -0.378. The fraction of sp³-hybridized carbons (Fsp3) is 1.00. The van der Waals surface area contributed by atoms with Crippen molar-refractivity contribution in [3.63, 3.8) is 0 Å². The van der Waals surface area contributed by atoms with Crippen LogP contribution in [0.4, 0.5) is 0 Å². The number of ether oxygens (including phenoxy) is 9. The third-order valence-corrected chi connectivity index (χ3v) is 9.41. The molecule has 3 fully saturated rings. The SMILES string of the molecule is CCC1O[C@H](O[C@@H]2C(OC)[C@@H](OC3C(OC)OC(CCO)[C@@H](CO)[C@@H]3CO)OC(COC)[C@H]2CO)C(OC)[C@@H](CO)[C@@H]1CO. The summed E-state index contributed by atoms with van der Waals surface area (Å²) in [4.78, 5) is 0. The normalized spacial score (nSPS) is 43.3. The monoisotopic (exact) mass is 642 g/mol. The van der Waals surface area contributed by atoms with Crippen molar-refractivity contribution >= 4 is 0 Å². The number of methoxy groups -OCH3 is 4. The molecule has 0 aliphatic carbocycles. The molecule has 0 spiro atoms. The minimum Gasteiger partial charge on any atom is -0.396 e. The number of aliphatic hydroxyl groups excluding tert-OH is 6. The predicted molar refractivity (Wildman–Crippen MR) is 151 cm³/mol. The molecule has 260 valence electrons. The maximum absolute atomic E-state index is 10.5.